The number of phosphoric acid groups is 1. The molecule has 1 amide bonds. The number of rotatable bonds is 36. The Morgan fingerprint density at radius 3 is 1.54 bits per heavy atom. The Hall–Kier alpha value is -0.760. The summed E-state index contributed by atoms with van der Waals surface area (Å²) >= 11 is 0. The second-order valence-electron chi connectivity index (χ2n) is 15.0. The number of aliphatic hydroxyl groups is 1. The Balaban J connectivity index is 4.20. The molecular weight excluding hydrogens is 623 g/mol. The molecule has 9 heteroatoms. The molecule has 0 saturated heterocycles. The molecule has 0 aliphatic carbocycles. The van der Waals surface area contributed by atoms with Gasteiger partial charge in [0, 0.05) is 6.42 Å². The lowest BCUT2D eigenvalue weighted by Gasteiger charge is -2.25. The normalized spacial score (nSPS) is 14.7. The SMILES string of the molecule is CCCCCCCCCCCCCCCCCCCCC/C=C/C(O)C(COP(=O)(O)OCC[N+](C)(C)C)NC(=O)CCCCCCC. The zero-order valence-corrected chi connectivity index (χ0v) is 33.1. The van der Waals surface area contributed by atoms with Gasteiger partial charge in [0.15, 0.2) is 0 Å². The van der Waals surface area contributed by atoms with Crippen LogP contribution in [0.3, 0.4) is 0 Å². The van der Waals surface area contributed by atoms with E-state index in [1.807, 2.05) is 27.2 Å². The molecule has 48 heavy (non-hydrogen) atoms. The fourth-order valence-corrected chi connectivity index (χ4v) is 6.48. The first-order valence-corrected chi connectivity index (χ1v) is 21.6. The number of likely N-dealkylation sites (N-methyl/N-ethyl adjacent to an activating group) is 1. The number of amides is 1. The van der Waals surface area contributed by atoms with Crippen LogP contribution >= 0.6 is 7.82 Å². The molecule has 286 valence electrons. The maximum atomic E-state index is 12.6. The van der Waals surface area contributed by atoms with Crippen molar-refractivity contribution in [2.24, 2.45) is 0 Å². The summed E-state index contributed by atoms with van der Waals surface area (Å²) in [6.07, 6.45) is 34.6. The van der Waals surface area contributed by atoms with Crippen LogP contribution in [-0.2, 0) is 18.4 Å². The highest BCUT2D eigenvalue weighted by atomic mass is 31.2. The van der Waals surface area contributed by atoms with E-state index in [-0.39, 0.29) is 19.1 Å². The van der Waals surface area contributed by atoms with E-state index in [0.29, 0.717) is 17.4 Å². The van der Waals surface area contributed by atoms with Gasteiger partial charge in [-0.2, -0.15) is 0 Å². The molecular formula is C39H80N2O6P+. The van der Waals surface area contributed by atoms with Crippen molar-refractivity contribution in [3.8, 4) is 0 Å². The van der Waals surface area contributed by atoms with E-state index >= 15 is 0 Å². The minimum absolute atomic E-state index is 0.0635. The molecule has 0 heterocycles. The van der Waals surface area contributed by atoms with Gasteiger partial charge in [-0.25, -0.2) is 4.57 Å². The number of hydrogen-bond donors (Lipinski definition) is 3. The number of carbonyl (C=O) groups is 1. The molecule has 8 nitrogen and oxygen atoms in total. The number of hydrogen-bond acceptors (Lipinski definition) is 5. The molecule has 0 aromatic carbocycles. The van der Waals surface area contributed by atoms with Crippen molar-refractivity contribution in [2.75, 3.05) is 40.9 Å². The fourth-order valence-electron chi connectivity index (χ4n) is 5.75. The molecule has 0 spiro atoms. The zero-order chi connectivity index (χ0) is 35.8. The van der Waals surface area contributed by atoms with E-state index in [0.717, 1.165) is 44.9 Å². The van der Waals surface area contributed by atoms with E-state index in [4.69, 9.17) is 9.05 Å². The Kier molecular flexibility index (Phi) is 31.7. The Labute approximate surface area is 297 Å². The number of nitrogens with one attached hydrogen (secondary N) is 1. The molecule has 0 aromatic heterocycles. The summed E-state index contributed by atoms with van der Waals surface area (Å²) in [4.78, 5) is 22.7. The fraction of sp³-hybridized carbons (Fsp3) is 0.923. The summed E-state index contributed by atoms with van der Waals surface area (Å²) in [5.41, 5.74) is 0. The van der Waals surface area contributed by atoms with Crippen LogP contribution in [0.2, 0.25) is 0 Å². The number of quaternary nitrogens is 1. The summed E-state index contributed by atoms with van der Waals surface area (Å²) in [6.45, 7) is 4.72. The average Bonchev–Trinajstić information content (AvgIpc) is 3.02. The molecule has 0 saturated carbocycles. The van der Waals surface area contributed by atoms with Crippen LogP contribution in [0.5, 0.6) is 0 Å². The number of unbranched alkanes of at least 4 members (excludes halogenated alkanes) is 23. The second kappa shape index (κ2) is 32.2. The molecule has 3 N–H and O–H groups in total. The van der Waals surface area contributed by atoms with Crippen LogP contribution in [0.1, 0.15) is 181 Å². The summed E-state index contributed by atoms with van der Waals surface area (Å²) in [6, 6.07) is -0.836. The number of allylic oxidation sites excluding steroid dienone is 1. The van der Waals surface area contributed by atoms with Gasteiger partial charge in [0.1, 0.15) is 13.2 Å². The third kappa shape index (κ3) is 33.7. The van der Waals surface area contributed by atoms with Crippen LogP contribution in [0.15, 0.2) is 12.2 Å². The maximum absolute atomic E-state index is 12.6. The number of carbonyl (C=O) groups excluding carboxylic acids is 1. The number of phosphoric ester groups is 1. The lowest BCUT2D eigenvalue weighted by molar-refractivity contribution is -0.870. The smallest absolute Gasteiger partial charge is 0.387 e. The Morgan fingerprint density at radius 2 is 1.10 bits per heavy atom. The summed E-state index contributed by atoms with van der Waals surface area (Å²) in [5, 5.41) is 13.7. The molecule has 3 atom stereocenters. The van der Waals surface area contributed by atoms with Gasteiger partial charge < -0.3 is 19.8 Å². The molecule has 0 aliphatic rings. The molecule has 0 bridgehead atoms. The van der Waals surface area contributed by atoms with Gasteiger partial charge in [-0.15, -0.1) is 0 Å². The van der Waals surface area contributed by atoms with Gasteiger partial charge in [-0.05, 0) is 19.3 Å². The molecule has 0 fully saturated rings. The Bertz CT molecular complexity index is 804. The third-order valence-electron chi connectivity index (χ3n) is 9.01. The number of nitrogens with zero attached hydrogens (tertiary/aromatic N) is 1. The van der Waals surface area contributed by atoms with Crippen molar-refractivity contribution in [3.63, 3.8) is 0 Å². The molecule has 0 rings (SSSR count). The predicted molar refractivity (Wildman–Crippen MR) is 203 cm³/mol. The van der Waals surface area contributed by atoms with Crippen molar-refractivity contribution in [1.29, 1.82) is 0 Å². The van der Waals surface area contributed by atoms with Crippen molar-refractivity contribution in [1.82, 2.24) is 5.32 Å². The highest BCUT2D eigenvalue weighted by Gasteiger charge is 2.27. The van der Waals surface area contributed by atoms with E-state index in [1.165, 1.54) is 116 Å². The van der Waals surface area contributed by atoms with E-state index < -0.39 is 20.0 Å². The third-order valence-corrected chi connectivity index (χ3v) is 9.99. The second-order valence-corrected chi connectivity index (χ2v) is 16.5. The first kappa shape index (κ1) is 47.2. The first-order valence-electron chi connectivity index (χ1n) is 20.1. The van der Waals surface area contributed by atoms with Crippen LogP contribution in [-0.4, -0.2) is 73.4 Å². The van der Waals surface area contributed by atoms with Gasteiger partial charge >= 0.3 is 7.82 Å². The lowest BCUT2D eigenvalue weighted by Crippen LogP contribution is -2.45. The standard InChI is InChI=1S/C39H79N2O6P/c1-6-8-10-12-13-14-15-16-17-18-19-20-21-22-23-24-25-26-27-29-30-32-38(42)37(40-39(43)33-31-28-11-9-7-2)36-47-48(44,45)46-35-34-41(3,4)5/h30,32,37-38,42H,6-29,31,33-36H2,1-5H3,(H-,40,43,44,45)/p+1/b32-30+. The average molecular weight is 704 g/mol. The van der Waals surface area contributed by atoms with Crippen molar-refractivity contribution >= 4 is 13.7 Å². The van der Waals surface area contributed by atoms with Crippen LogP contribution in [0, 0.1) is 0 Å². The van der Waals surface area contributed by atoms with Gasteiger partial charge in [-0.3, -0.25) is 13.8 Å². The summed E-state index contributed by atoms with van der Waals surface area (Å²) in [5.74, 6) is -0.190. The minimum atomic E-state index is -4.31. The number of aliphatic hydroxyl groups excluding tert-OH is 1. The van der Waals surface area contributed by atoms with Gasteiger partial charge in [0.25, 0.3) is 0 Å². The van der Waals surface area contributed by atoms with Crippen molar-refractivity contribution in [3.05, 3.63) is 12.2 Å². The zero-order valence-electron chi connectivity index (χ0n) is 32.2. The van der Waals surface area contributed by atoms with Gasteiger partial charge in [-0.1, -0.05) is 167 Å². The van der Waals surface area contributed by atoms with Gasteiger partial charge in [0.2, 0.25) is 5.91 Å². The molecule has 0 radical (unpaired) electrons. The van der Waals surface area contributed by atoms with Crippen molar-refractivity contribution < 1.29 is 32.9 Å². The molecule has 0 aliphatic heterocycles. The minimum Gasteiger partial charge on any atom is -0.387 e. The molecule has 0 aromatic rings. The highest BCUT2D eigenvalue weighted by Crippen LogP contribution is 2.43. The van der Waals surface area contributed by atoms with Crippen molar-refractivity contribution in [2.45, 2.75) is 193 Å². The monoisotopic (exact) mass is 704 g/mol. The highest BCUT2D eigenvalue weighted by molar-refractivity contribution is 7.47. The quantitative estimate of drug-likeness (QED) is 0.0260. The van der Waals surface area contributed by atoms with Crippen LogP contribution in [0.25, 0.3) is 0 Å². The Morgan fingerprint density at radius 1 is 0.688 bits per heavy atom. The largest absolute Gasteiger partial charge is 0.472 e. The lowest BCUT2D eigenvalue weighted by atomic mass is 10.0. The molecule has 3 unspecified atom stereocenters. The van der Waals surface area contributed by atoms with E-state index in [1.54, 1.807) is 6.08 Å². The topological polar surface area (TPSA) is 105 Å². The first-order chi connectivity index (χ1) is 23.0. The summed E-state index contributed by atoms with van der Waals surface area (Å²) in [7, 11) is 1.57. The van der Waals surface area contributed by atoms with E-state index in [2.05, 4.69) is 19.2 Å². The predicted octanol–water partition coefficient (Wildman–Crippen LogP) is 10.4. The maximum Gasteiger partial charge on any atom is 0.472 e. The van der Waals surface area contributed by atoms with Gasteiger partial charge in [0.05, 0.1) is 39.9 Å². The summed E-state index contributed by atoms with van der Waals surface area (Å²) < 4.78 is 23.3. The van der Waals surface area contributed by atoms with E-state index in [9.17, 15) is 19.4 Å². The van der Waals surface area contributed by atoms with Crippen LogP contribution in [0.4, 0.5) is 0 Å². The van der Waals surface area contributed by atoms with Crippen LogP contribution < -0.4 is 5.32 Å².